The van der Waals surface area contributed by atoms with E-state index in [9.17, 15) is 5.11 Å². The average molecular weight is 258 g/mol. The van der Waals surface area contributed by atoms with Crippen molar-refractivity contribution >= 4 is 8.32 Å². The van der Waals surface area contributed by atoms with E-state index >= 15 is 0 Å². The van der Waals surface area contributed by atoms with E-state index in [1.165, 1.54) is 0 Å². The first-order chi connectivity index (χ1) is 7.58. The maximum Gasteiger partial charge on any atom is 0.191 e. The van der Waals surface area contributed by atoms with Gasteiger partial charge >= 0.3 is 0 Å². The minimum absolute atomic E-state index is 0.290. The lowest BCUT2D eigenvalue weighted by atomic mass is 10.1. The normalized spacial score (nSPS) is 16.1. The second-order valence-corrected chi connectivity index (χ2v) is 11.2. The van der Waals surface area contributed by atoms with Crippen LogP contribution in [0.15, 0.2) is 11.6 Å². The molecule has 1 N–H and O–H groups in total. The van der Waals surface area contributed by atoms with E-state index in [0.29, 0.717) is 5.04 Å². The van der Waals surface area contributed by atoms with E-state index in [1.807, 2.05) is 6.92 Å². The van der Waals surface area contributed by atoms with Crippen LogP contribution in [-0.2, 0) is 4.43 Å². The second kappa shape index (κ2) is 6.71. The van der Waals surface area contributed by atoms with Crippen molar-refractivity contribution in [3.05, 3.63) is 11.6 Å². The van der Waals surface area contributed by atoms with E-state index in [-0.39, 0.29) is 6.10 Å². The van der Waals surface area contributed by atoms with Crippen molar-refractivity contribution in [1.82, 2.24) is 0 Å². The van der Waals surface area contributed by atoms with Crippen LogP contribution in [0, 0.1) is 0 Å². The molecule has 0 aliphatic heterocycles. The number of allylic oxidation sites excluding steroid dienone is 1. The van der Waals surface area contributed by atoms with Gasteiger partial charge in [-0.1, -0.05) is 26.8 Å². The van der Waals surface area contributed by atoms with Gasteiger partial charge in [-0.25, -0.2) is 0 Å². The number of hydrogen-bond donors (Lipinski definition) is 1. The van der Waals surface area contributed by atoms with E-state index in [2.05, 4.69) is 39.9 Å². The van der Waals surface area contributed by atoms with Gasteiger partial charge in [0.25, 0.3) is 0 Å². The van der Waals surface area contributed by atoms with Crippen LogP contribution in [-0.4, -0.2) is 26.1 Å². The lowest BCUT2D eigenvalue weighted by Crippen LogP contribution is -2.40. The number of unbranched alkanes of at least 4 members (excludes halogenated alkanes) is 1. The molecular weight excluding hydrogens is 228 g/mol. The standard InChI is InChI=1S/C14H30O2Si/c1-12(13(2)15)10-8-9-11-16-17(6,7)14(3,4)5/h10,13,15H,8-9,11H2,1-7H3. The summed E-state index contributed by atoms with van der Waals surface area (Å²) in [4.78, 5) is 0. The summed E-state index contributed by atoms with van der Waals surface area (Å²) in [7, 11) is -1.57. The summed E-state index contributed by atoms with van der Waals surface area (Å²) in [6, 6.07) is 0. The van der Waals surface area contributed by atoms with Gasteiger partial charge in [-0.15, -0.1) is 0 Å². The summed E-state index contributed by atoms with van der Waals surface area (Å²) in [5, 5.41) is 9.61. The van der Waals surface area contributed by atoms with Crippen molar-refractivity contribution in [2.24, 2.45) is 0 Å². The topological polar surface area (TPSA) is 29.5 Å². The van der Waals surface area contributed by atoms with Gasteiger partial charge in [0, 0.05) is 6.61 Å². The molecule has 0 rings (SSSR count). The maximum absolute atomic E-state index is 9.32. The van der Waals surface area contributed by atoms with E-state index in [4.69, 9.17) is 4.43 Å². The van der Waals surface area contributed by atoms with E-state index in [1.54, 1.807) is 6.92 Å². The Balaban J connectivity index is 3.91. The molecule has 0 aliphatic rings. The fourth-order valence-electron chi connectivity index (χ4n) is 1.13. The SMILES string of the molecule is CC(=CCCCO[Si](C)(C)C(C)(C)C)C(C)O. The zero-order valence-corrected chi connectivity index (χ0v) is 13.6. The molecule has 0 spiro atoms. The number of hydrogen-bond acceptors (Lipinski definition) is 2. The first kappa shape index (κ1) is 16.9. The van der Waals surface area contributed by atoms with Crippen molar-refractivity contribution in [3.63, 3.8) is 0 Å². The van der Waals surface area contributed by atoms with Crippen LogP contribution in [0.25, 0.3) is 0 Å². The highest BCUT2D eigenvalue weighted by Gasteiger charge is 2.36. The van der Waals surface area contributed by atoms with Gasteiger partial charge in [-0.2, -0.15) is 0 Å². The Morgan fingerprint density at radius 3 is 2.29 bits per heavy atom. The second-order valence-electron chi connectivity index (χ2n) is 6.38. The molecule has 0 aromatic heterocycles. The number of aliphatic hydroxyl groups excluding tert-OH is 1. The minimum atomic E-state index is -1.57. The van der Waals surface area contributed by atoms with Crippen molar-refractivity contribution in [1.29, 1.82) is 0 Å². The Labute approximate surface area is 108 Å². The quantitative estimate of drug-likeness (QED) is 0.441. The zero-order valence-electron chi connectivity index (χ0n) is 12.6. The van der Waals surface area contributed by atoms with Crippen LogP contribution >= 0.6 is 0 Å². The molecule has 0 saturated carbocycles. The van der Waals surface area contributed by atoms with Gasteiger partial charge < -0.3 is 9.53 Å². The number of aliphatic hydroxyl groups is 1. The summed E-state index contributed by atoms with van der Waals surface area (Å²) < 4.78 is 6.08. The maximum atomic E-state index is 9.32. The minimum Gasteiger partial charge on any atom is -0.417 e. The van der Waals surface area contributed by atoms with Crippen LogP contribution in [0.5, 0.6) is 0 Å². The first-order valence-electron chi connectivity index (χ1n) is 6.56. The molecule has 0 saturated heterocycles. The van der Waals surface area contributed by atoms with Gasteiger partial charge in [0.1, 0.15) is 0 Å². The zero-order chi connectivity index (χ0) is 13.7. The smallest absolute Gasteiger partial charge is 0.191 e. The van der Waals surface area contributed by atoms with Crippen molar-refractivity contribution in [3.8, 4) is 0 Å². The first-order valence-corrected chi connectivity index (χ1v) is 9.47. The van der Waals surface area contributed by atoms with Crippen LogP contribution in [0.3, 0.4) is 0 Å². The molecule has 1 unspecified atom stereocenters. The third-order valence-corrected chi connectivity index (χ3v) is 8.28. The third-order valence-electron chi connectivity index (χ3n) is 3.74. The summed E-state index contributed by atoms with van der Waals surface area (Å²) in [5.74, 6) is 0. The fraction of sp³-hybridized carbons (Fsp3) is 0.857. The molecule has 0 fully saturated rings. The van der Waals surface area contributed by atoms with Crippen LogP contribution in [0.2, 0.25) is 18.1 Å². The highest BCUT2D eigenvalue weighted by molar-refractivity contribution is 6.74. The lowest BCUT2D eigenvalue weighted by Gasteiger charge is -2.36. The molecule has 2 nitrogen and oxygen atoms in total. The average Bonchev–Trinajstić information content (AvgIpc) is 2.14. The summed E-state index contributed by atoms with van der Waals surface area (Å²) in [6.45, 7) is 16.0. The van der Waals surface area contributed by atoms with E-state index < -0.39 is 8.32 Å². The van der Waals surface area contributed by atoms with E-state index in [0.717, 1.165) is 25.0 Å². The monoisotopic (exact) mass is 258 g/mol. The van der Waals surface area contributed by atoms with Gasteiger partial charge in [0.05, 0.1) is 6.10 Å². The van der Waals surface area contributed by atoms with Crippen LogP contribution in [0.1, 0.15) is 47.5 Å². The van der Waals surface area contributed by atoms with Gasteiger partial charge in [-0.05, 0) is 50.4 Å². The molecule has 102 valence electrons. The molecular formula is C14H30O2Si. The summed E-state index contributed by atoms with van der Waals surface area (Å²) >= 11 is 0. The summed E-state index contributed by atoms with van der Waals surface area (Å²) in [6.07, 6.45) is 3.82. The van der Waals surface area contributed by atoms with Gasteiger partial charge in [0.15, 0.2) is 8.32 Å². The van der Waals surface area contributed by atoms with Crippen LogP contribution in [0.4, 0.5) is 0 Å². The number of rotatable bonds is 6. The van der Waals surface area contributed by atoms with Crippen LogP contribution < -0.4 is 0 Å². The molecule has 0 heterocycles. The van der Waals surface area contributed by atoms with Crippen molar-refractivity contribution in [2.45, 2.75) is 71.7 Å². The Bertz CT molecular complexity index is 249. The predicted molar refractivity (Wildman–Crippen MR) is 77.8 cm³/mol. The largest absolute Gasteiger partial charge is 0.417 e. The molecule has 0 aromatic rings. The molecule has 0 aromatic carbocycles. The Hall–Kier alpha value is -0.123. The van der Waals surface area contributed by atoms with Crippen molar-refractivity contribution < 1.29 is 9.53 Å². The van der Waals surface area contributed by atoms with Gasteiger partial charge in [-0.3, -0.25) is 0 Å². The Kier molecular flexibility index (Phi) is 6.67. The molecule has 1 atom stereocenters. The fourth-order valence-corrected chi connectivity index (χ4v) is 2.22. The molecule has 0 amide bonds. The predicted octanol–water partition coefficient (Wildman–Crippen LogP) is 4.12. The molecule has 17 heavy (non-hydrogen) atoms. The molecule has 0 radical (unpaired) electrons. The Morgan fingerprint density at radius 2 is 1.88 bits per heavy atom. The summed E-state index contributed by atoms with van der Waals surface area (Å²) in [5.41, 5.74) is 1.05. The molecule has 0 aliphatic carbocycles. The Morgan fingerprint density at radius 1 is 1.35 bits per heavy atom. The molecule has 3 heteroatoms. The van der Waals surface area contributed by atoms with Crippen molar-refractivity contribution in [2.75, 3.05) is 6.61 Å². The highest BCUT2D eigenvalue weighted by Crippen LogP contribution is 2.36. The molecule has 0 bridgehead atoms. The lowest BCUT2D eigenvalue weighted by molar-refractivity contribution is 0.230. The third kappa shape index (κ3) is 6.39. The highest BCUT2D eigenvalue weighted by atomic mass is 28.4. The van der Waals surface area contributed by atoms with Gasteiger partial charge in [0.2, 0.25) is 0 Å².